The molecular weight excluding hydrogens is 446 g/mol. The molecule has 0 saturated heterocycles. The van der Waals surface area contributed by atoms with Crippen LogP contribution in [0.4, 0.5) is 4.39 Å². The van der Waals surface area contributed by atoms with Crippen molar-refractivity contribution in [3.63, 3.8) is 0 Å². The van der Waals surface area contributed by atoms with Crippen LogP contribution < -0.4 is 0 Å². The van der Waals surface area contributed by atoms with E-state index in [1.165, 1.54) is 12.1 Å². The van der Waals surface area contributed by atoms with E-state index in [4.69, 9.17) is 34.8 Å². The van der Waals surface area contributed by atoms with Crippen LogP contribution in [-0.2, 0) is 6.42 Å². The Morgan fingerprint density at radius 2 is 1.80 bits per heavy atom. The van der Waals surface area contributed by atoms with E-state index in [1.807, 2.05) is 18.2 Å². The smallest absolute Gasteiger partial charge is 0.145 e. The van der Waals surface area contributed by atoms with Crippen LogP contribution in [0.15, 0.2) is 54.7 Å². The molecule has 1 unspecified atom stereocenters. The van der Waals surface area contributed by atoms with Crippen LogP contribution in [0.5, 0.6) is 5.75 Å². The normalized spacial score (nSPS) is 12.3. The van der Waals surface area contributed by atoms with Gasteiger partial charge < -0.3 is 5.11 Å². The monoisotopic (exact) mass is 460 g/mol. The number of nitrogens with zero attached hydrogens (tertiary/aromatic N) is 2. The van der Waals surface area contributed by atoms with Crippen molar-refractivity contribution in [2.45, 2.75) is 19.3 Å². The van der Waals surface area contributed by atoms with Crippen LogP contribution in [-0.4, -0.2) is 15.1 Å². The van der Waals surface area contributed by atoms with Crippen molar-refractivity contribution >= 4 is 45.7 Å². The minimum absolute atomic E-state index is 0.0281. The fraction of sp³-hybridized carbons (Fsp3) is 0.130. The van der Waals surface area contributed by atoms with Crippen LogP contribution in [0, 0.1) is 12.7 Å². The van der Waals surface area contributed by atoms with Gasteiger partial charge in [-0.25, -0.2) is 4.39 Å². The van der Waals surface area contributed by atoms with Crippen molar-refractivity contribution in [3.8, 4) is 5.75 Å². The molecule has 1 N–H and O–H groups in total. The molecule has 0 radical (unpaired) electrons. The highest BCUT2D eigenvalue weighted by Gasteiger charge is 2.23. The third kappa shape index (κ3) is 3.95. The molecule has 0 aliphatic carbocycles. The summed E-state index contributed by atoms with van der Waals surface area (Å²) in [7, 11) is 0. The summed E-state index contributed by atoms with van der Waals surface area (Å²) in [6.45, 7) is 1.79. The van der Waals surface area contributed by atoms with Gasteiger partial charge in [-0.3, -0.25) is 9.97 Å². The van der Waals surface area contributed by atoms with E-state index in [2.05, 4.69) is 9.97 Å². The average Bonchev–Trinajstić information content (AvgIpc) is 2.73. The Morgan fingerprint density at radius 1 is 1.00 bits per heavy atom. The zero-order valence-electron chi connectivity index (χ0n) is 15.8. The summed E-state index contributed by atoms with van der Waals surface area (Å²) >= 11 is 18.4. The molecule has 0 fully saturated rings. The number of benzene rings is 2. The molecule has 2 aromatic heterocycles. The van der Waals surface area contributed by atoms with Gasteiger partial charge in [-0.05, 0) is 36.8 Å². The largest absolute Gasteiger partial charge is 0.505 e. The van der Waals surface area contributed by atoms with Gasteiger partial charge in [-0.1, -0.05) is 59.1 Å². The predicted molar refractivity (Wildman–Crippen MR) is 119 cm³/mol. The van der Waals surface area contributed by atoms with Gasteiger partial charge in [-0.2, -0.15) is 0 Å². The summed E-state index contributed by atoms with van der Waals surface area (Å²) in [4.78, 5) is 8.81. The van der Waals surface area contributed by atoms with Crippen molar-refractivity contribution in [1.29, 1.82) is 0 Å². The van der Waals surface area contributed by atoms with Crippen molar-refractivity contribution in [2.24, 2.45) is 0 Å². The molecular formula is C23H16Cl3FN2O. The number of fused-ring (bicyclic) bond motifs is 1. The predicted octanol–water partition coefficient (Wildman–Crippen LogP) is 7.12. The molecule has 152 valence electrons. The summed E-state index contributed by atoms with van der Waals surface area (Å²) in [5.74, 6) is -0.937. The third-order valence-corrected chi connectivity index (χ3v) is 6.09. The topological polar surface area (TPSA) is 46.0 Å². The lowest BCUT2D eigenvalue weighted by Gasteiger charge is -2.21. The maximum atomic E-state index is 14.3. The van der Waals surface area contributed by atoms with Gasteiger partial charge in [-0.15, -0.1) is 0 Å². The summed E-state index contributed by atoms with van der Waals surface area (Å²) in [6, 6.07) is 13.6. The van der Waals surface area contributed by atoms with E-state index in [0.29, 0.717) is 44.5 Å². The molecule has 2 heterocycles. The number of aryl methyl sites for hydroxylation is 1. The van der Waals surface area contributed by atoms with Crippen LogP contribution in [0.2, 0.25) is 15.1 Å². The highest BCUT2D eigenvalue weighted by Crippen LogP contribution is 2.39. The Balaban J connectivity index is 1.89. The number of aromatic nitrogens is 2. The molecule has 0 aliphatic heterocycles. The minimum Gasteiger partial charge on any atom is -0.505 e. The summed E-state index contributed by atoms with van der Waals surface area (Å²) < 4.78 is 14.3. The summed E-state index contributed by atoms with van der Waals surface area (Å²) in [6.07, 6.45) is 1.94. The first-order valence-electron chi connectivity index (χ1n) is 9.18. The Hall–Kier alpha value is -2.40. The molecule has 30 heavy (non-hydrogen) atoms. The van der Waals surface area contributed by atoms with Gasteiger partial charge in [0.2, 0.25) is 0 Å². The number of hydrogen-bond donors (Lipinski definition) is 1. The number of aromatic hydroxyl groups is 1. The summed E-state index contributed by atoms with van der Waals surface area (Å²) in [5.41, 5.74) is 2.93. The number of rotatable bonds is 4. The van der Waals surface area contributed by atoms with E-state index >= 15 is 0 Å². The van der Waals surface area contributed by atoms with Gasteiger partial charge in [0.15, 0.2) is 0 Å². The first kappa shape index (κ1) is 20.9. The van der Waals surface area contributed by atoms with Crippen LogP contribution in [0.25, 0.3) is 10.9 Å². The van der Waals surface area contributed by atoms with Crippen molar-refractivity contribution < 1.29 is 9.50 Å². The maximum absolute atomic E-state index is 14.3. The van der Waals surface area contributed by atoms with E-state index in [9.17, 15) is 9.50 Å². The maximum Gasteiger partial charge on any atom is 0.145 e. The molecule has 7 heteroatoms. The van der Waals surface area contributed by atoms with Crippen molar-refractivity contribution in [1.82, 2.24) is 9.97 Å². The van der Waals surface area contributed by atoms with Crippen molar-refractivity contribution in [3.05, 3.63) is 98.1 Å². The van der Waals surface area contributed by atoms with E-state index < -0.39 is 11.7 Å². The Kier molecular flexibility index (Phi) is 5.83. The molecule has 0 bridgehead atoms. The van der Waals surface area contributed by atoms with Crippen molar-refractivity contribution in [2.75, 3.05) is 0 Å². The molecule has 0 spiro atoms. The number of hydrogen-bond acceptors (Lipinski definition) is 3. The van der Waals surface area contributed by atoms with Gasteiger partial charge in [0.25, 0.3) is 0 Å². The highest BCUT2D eigenvalue weighted by molar-refractivity contribution is 6.35. The summed E-state index contributed by atoms with van der Waals surface area (Å²) in [5, 5.41) is 12.7. The number of phenolic OH excluding ortho intramolecular Hbond substituents is 1. The molecule has 2 aromatic carbocycles. The van der Waals surface area contributed by atoms with Gasteiger partial charge >= 0.3 is 0 Å². The van der Waals surface area contributed by atoms with Gasteiger partial charge in [0.1, 0.15) is 17.1 Å². The standard InChI is InChI=1S/C23H16Cl3FN2O/c1-12-18(25)11-19(26)21(29-12)10-16(14-5-7-17(24)20(27)9-14)15-6-4-13-3-2-8-28-22(13)23(15)30/h2-9,11,16,30H,10H2,1H3. The number of pyridine rings is 2. The second kappa shape index (κ2) is 8.38. The fourth-order valence-electron chi connectivity index (χ4n) is 3.51. The average molecular weight is 462 g/mol. The van der Waals surface area contributed by atoms with Gasteiger partial charge in [0, 0.05) is 29.5 Å². The van der Waals surface area contributed by atoms with Crippen LogP contribution in [0.1, 0.15) is 28.4 Å². The Morgan fingerprint density at radius 3 is 2.57 bits per heavy atom. The van der Waals surface area contributed by atoms with Gasteiger partial charge in [0.05, 0.1) is 26.5 Å². The first-order chi connectivity index (χ1) is 14.3. The third-order valence-electron chi connectivity index (χ3n) is 5.08. The first-order valence-corrected chi connectivity index (χ1v) is 10.3. The second-order valence-corrected chi connectivity index (χ2v) is 8.21. The number of halogens is 4. The van der Waals surface area contributed by atoms with E-state index in [1.54, 1.807) is 31.3 Å². The lowest BCUT2D eigenvalue weighted by Crippen LogP contribution is -2.09. The molecule has 1 atom stereocenters. The zero-order valence-corrected chi connectivity index (χ0v) is 18.1. The van der Waals surface area contributed by atoms with E-state index in [0.717, 1.165) is 5.39 Å². The molecule has 0 saturated carbocycles. The Labute approximate surface area is 188 Å². The highest BCUT2D eigenvalue weighted by atomic mass is 35.5. The van der Waals surface area contributed by atoms with Crippen LogP contribution >= 0.6 is 34.8 Å². The molecule has 0 amide bonds. The lowest BCUT2D eigenvalue weighted by atomic mass is 9.86. The van der Waals surface area contributed by atoms with Crippen LogP contribution in [0.3, 0.4) is 0 Å². The minimum atomic E-state index is -0.538. The SMILES string of the molecule is Cc1nc(CC(c2ccc(Cl)c(F)c2)c2ccc3cccnc3c2O)c(Cl)cc1Cl. The second-order valence-electron chi connectivity index (χ2n) is 6.99. The molecule has 4 aromatic rings. The Bertz CT molecular complexity index is 1260. The zero-order chi connectivity index (χ0) is 21.4. The quantitative estimate of drug-likeness (QED) is 0.352. The molecule has 0 aliphatic rings. The molecule has 3 nitrogen and oxygen atoms in total. The molecule has 4 rings (SSSR count). The van der Waals surface area contributed by atoms with E-state index in [-0.39, 0.29) is 10.8 Å². The fourth-order valence-corrected chi connectivity index (χ4v) is 4.06. The lowest BCUT2D eigenvalue weighted by molar-refractivity contribution is 0.469. The number of phenols is 1.